The standard InChI is InChI=1S/C53H56N7O7P/c1-36(2)60(37(3)4)68(62,33-39-19-17-38(18-20-39)29-30-54)67-46-31-48(59-35-57-49-50(55-34-56-51(49)59)58-52(61)40-13-9-7-10-14-40)66-47(46)32-65-53(41-15-11-8-12-16-41,42-21-25-44(63-5)26-22-42)43-23-27-45(64-6)28-24-43/h7-28,34-37,46-48,62H,29,31-33H2,1-6H3/p+1/t46-,47+,48+,68?/m0/s1. The Bertz CT molecular complexity index is 2750. The Labute approximate surface area is 398 Å². The number of aromatic nitrogens is 4. The number of nitriles is 1. The van der Waals surface area contributed by atoms with Crippen molar-refractivity contribution in [1.82, 2.24) is 24.2 Å². The van der Waals surface area contributed by atoms with Crippen LogP contribution in [0.5, 0.6) is 11.5 Å². The number of imidazole rings is 1. The number of carbonyl (C=O) groups is 1. The lowest BCUT2D eigenvalue weighted by Gasteiger charge is -2.38. The molecule has 1 unspecified atom stereocenters. The Hall–Kier alpha value is -6.56. The molecular formula is C53H57N7O7P+. The summed E-state index contributed by atoms with van der Waals surface area (Å²) in [5.41, 5.74) is 4.46. The van der Waals surface area contributed by atoms with Gasteiger partial charge in [-0.15, -0.1) is 4.67 Å². The molecule has 2 aromatic heterocycles. The molecule has 2 N–H and O–H groups in total. The summed E-state index contributed by atoms with van der Waals surface area (Å²) in [6, 6.07) is 44.4. The van der Waals surface area contributed by atoms with E-state index >= 15 is 0 Å². The molecule has 0 spiro atoms. The van der Waals surface area contributed by atoms with Gasteiger partial charge in [0.05, 0.1) is 39.6 Å². The van der Waals surface area contributed by atoms with Crippen molar-refractivity contribution in [3.63, 3.8) is 0 Å². The third-order valence-electron chi connectivity index (χ3n) is 12.2. The Morgan fingerprint density at radius 2 is 1.40 bits per heavy atom. The average molecular weight is 935 g/mol. The first-order valence-corrected chi connectivity index (χ1v) is 24.5. The third kappa shape index (κ3) is 10.1. The van der Waals surface area contributed by atoms with Crippen LogP contribution in [0.1, 0.15) is 78.5 Å². The van der Waals surface area contributed by atoms with Gasteiger partial charge >= 0.3 is 7.87 Å². The van der Waals surface area contributed by atoms with Crippen LogP contribution in [0, 0.1) is 11.3 Å². The van der Waals surface area contributed by atoms with Crippen LogP contribution in [-0.2, 0) is 32.2 Å². The third-order valence-corrected chi connectivity index (χ3v) is 15.2. The van der Waals surface area contributed by atoms with Gasteiger partial charge in [-0.3, -0.25) is 9.36 Å². The van der Waals surface area contributed by atoms with Crippen LogP contribution in [0.15, 0.2) is 146 Å². The summed E-state index contributed by atoms with van der Waals surface area (Å²) in [7, 11) is -0.211. The van der Waals surface area contributed by atoms with E-state index in [0.717, 1.165) is 27.8 Å². The molecule has 4 atom stereocenters. The highest BCUT2D eigenvalue weighted by Crippen LogP contribution is 2.65. The van der Waals surface area contributed by atoms with E-state index in [1.54, 1.807) is 44.8 Å². The van der Waals surface area contributed by atoms with Crippen LogP contribution in [0.3, 0.4) is 0 Å². The zero-order valence-electron chi connectivity index (χ0n) is 39.1. The van der Waals surface area contributed by atoms with Gasteiger partial charge in [-0.2, -0.15) is 9.79 Å². The number of rotatable bonds is 19. The van der Waals surface area contributed by atoms with Crippen LogP contribution >= 0.6 is 7.87 Å². The molecule has 5 aromatic carbocycles. The van der Waals surface area contributed by atoms with E-state index in [1.807, 2.05) is 114 Å². The van der Waals surface area contributed by atoms with Crippen molar-refractivity contribution in [1.29, 1.82) is 5.26 Å². The molecule has 0 saturated carbocycles. The summed E-state index contributed by atoms with van der Waals surface area (Å²) in [6.07, 6.45) is 1.66. The molecule has 14 nitrogen and oxygen atoms in total. The van der Waals surface area contributed by atoms with Crippen molar-refractivity contribution < 1.29 is 33.2 Å². The summed E-state index contributed by atoms with van der Waals surface area (Å²) >= 11 is 0. The molecule has 0 radical (unpaired) electrons. The van der Waals surface area contributed by atoms with E-state index in [-0.39, 0.29) is 49.4 Å². The molecule has 3 heterocycles. The lowest BCUT2D eigenvalue weighted by molar-refractivity contribution is -0.0916. The van der Waals surface area contributed by atoms with Gasteiger partial charge in [-0.1, -0.05) is 97.1 Å². The molecule has 68 heavy (non-hydrogen) atoms. The Kier molecular flexibility index (Phi) is 14.9. The molecule has 1 amide bonds. The van der Waals surface area contributed by atoms with E-state index in [0.29, 0.717) is 28.2 Å². The van der Waals surface area contributed by atoms with Crippen LogP contribution in [0.2, 0.25) is 0 Å². The second kappa shape index (κ2) is 21.2. The van der Waals surface area contributed by atoms with E-state index in [9.17, 15) is 14.9 Å². The monoisotopic (exact) mass is 934 g/mol. The Morgan fingerprint density at radius 3 is 1.97 bits per heavy atom. The van der Waals surface area contributed by atoms with Crippen molar-refractivity contribution in [3.05, 3.63) is 179 Å². The Balaban J connectivity index is 1.21. The van der Waals surface area contributed by atoms with Crippen molar-refractivity contribution in [2.45, 2.75) is 82.8 Å². The summed E-state index contributed by atoms with van der Waals surface area (Å²) in [6.45, 7) is 8.25. The molecule has 15 heteroatoms. The lowest BCUT2D eigenvalue weighted by Crippen LogP contribution is -2.42. The predicted molar refractivity (Wildman–Crippen MR) is 262 cm³/mol. The van der Waals surface area contributed by atoms with Gasteiger partial charge in [0.1, 0.15) is 41.9 Å². The summed E-state index contributed by atoms with van der Waals surface area (Å²) in [5.74, 6) is 1.32. The number of nitrogens with one attached hydrogen (secondary N) is 1. The zero-order chi connectivity index (χ0) is 47.8. The zero-order valence-corrected chi connectivity index (χ0v) is 40.0. The number of methoxy groups -OCH3 is 2. The van der Waals surface area contributed by atoms with Crippen LogP contribution < -0.4 is 14.8 Å². The second-order valence-corrected chi connectivity index (χ2v) is 19.6. The number of benzene rings is 5. The van der Waals surface area contributed by atoms with Gasteiger partial charge in [-0.05, 0) is 91.9 Å². The van der Waals surface area contributed by atoms with Crippen LogP contribution in [-0.4, -0.2) is 80.1 Å². The number of amides is 1. The van der Waals surface area contributed by atoms with Gasteiger partial charge < -0.3 is 24.3 Å². The van der Waals surface area contributed by atoms with Crippen molar-refractivity contribution >= 4 is 30.8 Å². The predicted octanol–water partition coefficient (Wildman–Crippen LogP) is 9.92. The molecule has 1 saturated heterocycles. The Morgan fingerprint density at radius 1 is 0.824 bits per heavy atom. The van der Waals surface area contributed by atoms with Gasteiger partial charge in [0.15, 0.2) is 23.1 Å². The number of hydrogen-bond acceptors (Lipinski definition) is 12. The largest absolute Gasteiger partial charge is 0.497 e. The van der Waals surface area contributed by atoms with E-state index in [1.165, 1.54) is 6.33 Å². The maximum atomic E-state index is 13.3. The van der Waals surface area contributed by atoms with Crippen LogP contribution in [0.25, 0.3) is 11.2 Å². The number of hydrogen-bond donors (Lipinski definition) is 2. The van der Waals surface area contributed by atoms with Gasteiger partial charge in [0.2, 0.25) is 0 Å². The normalized spacial score (nSPS) is 17.0. The topological polar surface area (TPSA) is 166 Å². The molecule has 7 aromatic rings. The first-order valence-electron chi connectivity index (χ1n) is 22.7. The number of anilines is 1. The molecular weight excluding hydrogens is 878 g/mol. The maximum Gasteiger partial charge on any atom is 0.350 e. The molecule has 8 rings (SSSR count). The maximum absolute atomic E-state index is 13.3. The van der Waals surface area contributed by atoms with Crippen molar-refractivity contribution in [3.8, 4) is 17.6 Å². The highest BCUT2D eigenvalue weighted by Gasteiger charge is 2.55. The van der Waals surface area contributed by atoms with Gasteiger partial charge in [-0.25, -0.2) is 19.8 Å². The number of fused-ring (bicyclic) bond motifs is 1. The minimum atomic E-state index is -3.48. The fourth-order valence-electron chi connectivity index (χ4n) is 9.14. The summed E-state index contributed by atoms with van der Waals surface area (Å²) in [4.78, 5) is 40.2. The first-order chi connectivity index (χ1) is 33.0. The van der Waals surface area contributed by atoms with Crippen LogP contribution in [0.4, 0.5) is 5.82 Å². The smallest absolute Gasteiger partial charge is 0.350 e. The fourth-order valence-corrected chi connectivity index (χ4v) is 12.3. The SMILES string of the molecule is COc1ccc(C(OC[C@H]2O[C@@H](n3cnc4c(NC(=O)c5ccccc5)ncnc43)C[C@@H]2O[P+](O)(Cc2ccc(CC#N)cc2)N(C(C)C)C(C)C)(c2ccccc2)c2ccc(OC)cc2)cc1. The average Bonchev–Trinajstić information content (AvgIpc) is 3.97. The van der Waals surface area contributed by atoms with E-state index < -0.39 is 31.9 Å². The van der Waals surface area contributed by atoms with Crippen molar-refractivity contribution in [2.75, 3.05) is 26.1 Å². The van der Waals surface area contributed by atoms with Gasteiger partial charge in [0.25, 0.3) is 5.91 Å². The number of ether oxygens (including phenoxy) is 4. The highest BCUT2D eigenvalue weighted by molar-refractivity contribution is 7.62. The molecule has 0 aliphatic carbocycles. The molecule has 0 bridgehead atoms. The van der Waals surface area contributed by atoms with E-state index in [2.05, 4.69) is 53.7 Å². The first kappa shape index (κ1) is 47.9. The van der Waals surface area contributed by atoms with E-state index in [4.69, 9.17) is 28.5 Å². The number of carbonyl (C=O) groups excluding carboxylic acids is 1. The van der Waals surface area contributed by atoms with Gasteiger partial charge in [0, 0.05) is 24.1 Å². The molecule has 1 fully saturated rings. The highest BCUT2D eigenvalue weighted by atomic mass is 31.2. The summed E-state index contributed by atoms with van der Waals surface area (Å²) in [5, 5.41) is 12.3. The second-order valence-electron chi connectivity index (χ2n) is 17.2. The summed E-state index contributed by atoms with van der Waals surface area (Å²) < 4.78 is 36.9. The lowest BCUT2D eigenvalue weighted by atomic mass is 9.80. The minimum Gasteiger partial charge on any atom is -0.497 e. The molecule has 350 valence electrons. The fraction of sp³-hybridized carbons (Fsp3) is 0.302. The number of nitrogens with zero attached hydrogens (tertiary/aromatic N) is 6. The minimum absolute atomic E-state index is 0.0142. The molecule has 1 aliphatic rings. The quantitative estimate of drug-likeness (QED) is 0.0583. The van der Waals surface area contributed by atoms with Crippen molar-refractivity contribution in [2.24, 2.45) is 0 Å². The molecule has 1 aliphatic heterocycles.